The van der Waals surface area contributed by atoms with Crippen LogP contribution in [0.25, 0.3) is 0 Å². The fraction of sp³-hybridized carbons (Fsp3) is 0.0909. The molecule has 0 radical (unpaired) electrons. The highest BCUT2D eigenvalue weighted by Gasteiger charge is 2.07. The minimum absolute atomic E-state index is 0.117. The lowest BCUT2D eigenvalue weighted by Gasteiger charge is -2.09. The van der Waals surface area contributed by atoms with Gasteiger partial charge in [0, 0.05) is 22.0 Å². The van der Waals surface area contributed by atoms with Crippen molar-refractivity contribution in [2.45, 2.75) is 13.3 Å². The number of rotatable bonds is 5. The lowest BCUT2D eigenvalue weighted by atomic mass is 10.1. The molecule has 3 aromatic rings. The number of hydrogen-bond donors (Lipinski definition) is 2. The van der Waals surface area contributed by atoms with Crippen molar-refractivity contribution >= 4 is 34.8 Å². The number of carbonyl (C=O) groups excluding carboxylic acids is 2. The summed E-state index contributed by atoms with van der Waals surface area (Å²) in [6, 6.07) is 21.6. The Balaban J connectivity index is 1.57. The van der Waals surface area contributed by atoms with Crippen LogP contribution in [0.5, 0.6) is 0 Å². The van der Waals surface area contributed by atoms with Crippen LogP contribution in [-0.4, -0.2) is 11.8 Å². The van der Waals surface area contributed by atoms with Crippen molar-refractivity contribution in [1.82, 2.24) is 0 Å². The molecule has 0 heterocycles. The lowest BCUT2D eigenvalue weighted by Crippen LogP contribution is -2.15. The van der Waals surface area contributed by atoms with Crippen LogP contribution in [0.2, 0.25) is 5.02 Å². The zero-order valence-corrected chi connectivity index (χ0v) is 15.6. The molecule has 27 heavy (non-hydrogen) atoms. The maximum absolute atomic E-state index is 12.3. The van der Waals surface area contributed by atoms with Crippen molar-refractivity contribution in [3.63, 3.8) is 0 Å². The van der Waals surface area contributed by atoms with E-state index < -0.39 is 0 Å². The molecule has 0 aromatic heterocycles. The highest BCUT2D eigenvalue weighted by Crippen LogP contribution is 2.16. The van der Waals surface area contributed by atoms with Gasteiger partial charge in [0.2, 0.25) is 5.91 Å². The Bertz CT molecular complexity index is 951. The van der Waals surface area contributed by atoms with Crippen LogP contribution in [0, 0.1) is 6.92 Å². The number of anilines is 2. The van der Waals surface area contributed by atoms with Crippen LogP contribution < -0.4 is 10.6 Å². The van der Waals surface area contributed by atoms with E-state index in [1.54, 1.807) is 42.5 Å². The molecule has 4 nitrogen and oxygen atoms in total. The Morgan fingerprint density at radius 2 is 1.48 bits per heavy atom. The highest BCUT2D eigenvalue weighted by molar-refractivity contribution is 6.30. The molecule has 0 aliphatic rings. The zero-order valence-electron chi connectivity index (χ0n) is 14.8. The second-order valence-electron chi connectivity index (χ2n) is 6.25. The van der Waals surface area contributed by atoms with Crippen LogP contribution in [-0.2, 0) is 11.2 Å². The van der Waals surface area contributed by atoms with Gasteiger partial charge in [0.05, 0.1) is 6.42 Å². The first-order valence-corrected chi connectivity index (χ1v) is 8.90. The number of aryl methyl sites for hydroxylation is 1. The molecule has 0 spiro atoms. The Hall–Kier alpha value is -3.11. The molecule has 0 fully saturated rings. The van der Waals surface area contributed by atoms with Crippen molar-refractivity contribution in [2.75, 3.05) is 10.6 Å². The first-order valence-electron chi connectivity index (χ1n) is 8.52. The summed E-state index contributed by atoms with van der Waals surface area (Å²) in [6.07, 6.45) is 0.267. The standard InChI is InChI=1S/C22H19ClN2O2/c1-15-3-2-4-17(13-15)22(27)25-20-11-9-19(10-12-20)24-21(26)14-16-5-7-18(23)8-6-16/h2-13H,14H2,1H3,(H,24,26)(H,25,27). The molecule has 2 amide bonds. The highest BCUT2D eigenvalue weighted by atomic mass is 35.5. The van der Waals surface area contributed by atoms with Crippen molar-refractivity contribution in [3.8, 4) is 0 Å². The molecular weight excluding hydrogens is 360 g/mol. The normalized spacial score (nSPS) is 10.3. The van der Waals surface area contributed by atoms with E-state index in [-0.39, 0.29) is 18.2 Å². The molecular formula is C22H19ClN2O2. The quantitative estimate of drug-likeness (QED) is 0.650. The minimum Gasteiger partial charge on any atom is -0.326 e. The number of hydrogen-bond acceptors (Lipinski definition) is 2. The number of carbonyl (C=O) groups is 2. The van der Waals surface area contributed by atoms with Gasteiger partial charge in [-0.1, -0.05) is 41.4 Å². The smallest absolute Gasteiger partial charge is 0.255 e. The Morgan fingerprint density at radius 3 is 2.11 bits per heavy atom. The summed E-state index contributed by atoms with van der Waals surface area (Å²) in [5, 5.41) is 6.33. The molecule has 136 valence electrons. The van der Waals surface area contributed by atoms with Crippen LogP contribution in [0.1, 0.15) is 21.5 Å². The van der Waals surface area contributed by atoms with Gasteiger partial charge in [-0.15, -0.1) is 0 Å². The SMILES string of the molecule is Cc1cccc(C(=O)Nc2ccc(NC(=O)Cc3ccc(Cl)cc3)cc2)c1. The van der Waals surface area contributed by atoms with E-state index >= 15 is 0 Å². The van der Waals surface area contributed by atoms with Crippen LogP contribution in [0.4, 0.5) is 11.4 Å². The number of amides is 2. The van der Waals surface area contributed by atoms with Gasteiger partial charge in [-0.05, 0) is 61.0 Å². The maximum atomic E-state index is 12.3. The summed E-state index contributed by atoms with van der Waals surface area (Å²) in [5.41, 5.74) is 3.86. The van der Waals surface area contributed by atoms with E-state index in [0.717, 1.165) is 11.1 Å². The second kappa shape index (κ2) is 8.52. The number of nitrogens with one attached hydrogen (secondary N) is 2. The molecule has 3 aromatic carbocycles. The molecule has 5 heteroatoms. The Kier molecular flexibility index (Phi) is 5.89. The summed E-state index contributed by atoms with van der Waals surface area (Å²) < 4.78 is 0. The van der Waals surface area contributed by atoms with Gasteiger partial charge in [0.1, 0.15) is 0 Å². The average Bonchev–Trinajstić information content (AvgIpc) is 2.65. The third kappa shape index (κ3) is 5.43. The van der Waals surface area contributed by atoms with Gasteiger partial charge >= 0.3 is 0 Å². The van der Waals surface area contributed by atoms with E-state index in [0.29, 0.717) is 22.0 Å². The van der Waals surface area contributed by atoms with Gasteiger partial charge in [0.15, 0.2) is 0 Å². The van der Waals surface area contributed by atoms with Gasteiger partial charge in [-0.2, -0.15) is 0 Å². The number of halogens is 1. The topological polar surface area (TPSA) is 58.2 Å². The average molecular weight is 379 g/mol. The first-order chi connectivity index (χ1) is 13.0. The molecule has 2 N–H and O–H groups in total. The van der Waals surface area contributed by atoms with Gasteiger partial charge in [-0.25, -0.2) is 0 Å². The summed E-state index contributed by atoms with van der Waals surface area (Å²) in [6.45, 7) is 1.94. The van der Waals surface area contributed by atoms with E-state index in [9.17, 15) is 9.59 Å². The molecule has 0 aliphatic carbocycles. The first kappa shape index (κ1) is 18.7. The minimum atomic E-state index is -0.168. The maximum Gasteiger partial charge on any atom is 0.255 e. The number of benzene rings is 3. The molecule has 0 saturated carbocycles. The Labute approximate surface area is 163 Å². The fourth-order valence-electron chi connectivity index (χ4n) is 2.62. The fourth-order valence-corrected chi connectivity index (χ4v) is 2.75. The third-order valence-electron chi connectivity index (χ3n) is 3.98. The predicted octanol–water partition coefficient (Wildman–Crippen LogP) is 5.08. The molecule has 3 rings (SSSR count). The monoisotopic (exact) mass is 378 g/mol. The van der Waals surface area contributed by atoms with Gasteiger partial charge in [0.25, 0.3) is 5.91 Å². The summed E-state index contributed by atoms with van der Waals surface area (Å²) >= 11 is 5.85. The van der Waals surface area contributed by atoms with E-state index in [1.807, 2.05) is 37.3 Å². The molecule has 0 aliphatic heterocycles. The second-order valence-corrected chi connectivity index (χ2v) is 6.69. The van der Waals surface area contributed by atoms with Crippen molar-refractivity contribution < 1.29 is 9.59 Å². The van der Waals surface area contributed by atoms with E-state index in [1.165, 1.54) is 0 Å². The van der Waals surface area contributed by atoms with Crippen LogP contribution >= 0.6 is 11.6 Å². The zero-order chi connectivity index (χ0) is 19.2. The summed E-state index contributed by atoms with van der Waals surface area (Å²) in [4.78, 5) is 24.4. The summed E-state index contributed by atoms with van der Waals surface area (Å²) in [7, 11) is 0. The lowest BCUT2D eigenvalue weighted by molar-refractivity contribution is -0.115. The molecule has 0 saturated heterocycles. The van der Waals surface area contributed by atoms with Crippen molar-refractivity contribution in [1.29, 1.82) is 0 Å². The molecule has 0 bridgehead atoms. The van der Waals surface area contributed by atoms with Crippen molar-refractivity contribution in [2.24, 2.45) is 0 Å². The molecule has 0 unspecified atom stereocenters. The third-order valence-corrected chi connectivity index (χ3v) is 4.24. The van der Waals surface area contributed by atoms with Crippen LogP contribution in [0.3, 0.4) is 0 Å². The van der Waals surface area contributed by atoms with Crippen LogP contribution in [0.15, 0.2) is 72.8 Å². The van der Waals surface area contributed by atoms with Gasteiger partial charge in [-0.3, -0.25) is 9.59 Å². The van der Waals surface area contributed by atoms with Crippen molar-refractivity contribution in [3.05, 3.63) is 94.5 Å². The van der Waals surface area contributed by atoms with E-state index in [2.05, 4.69) is 10.6 Å². The largest absolute Gasteiger partial charge is 0.326 e. The van der Waals surface area contributed by atoms with Gasteiger partial charge < -0.3 is 10.6 Å². The Morgan fingerprint density at radius 1 is 0.852 bits per heavy atom. The molecule has 0 atom stereocenters. The summed E-state index contributed by atoms with van der Waals surface area (Å²) in [5.74, 6) is -0.285. The van der Waals surface area contributed by atoms with E-state index in [4.69, 9.17) is 11.6 Å². The predicted molar refractivity (Wildman–Crippen MR) is 109 cm³/mol.